The summed E-state index contributed by atoms with van der Waals surface area (Å²) in [6.45, 7) is 0. The van der Waals surface area contributed by atoms with Gasteiger partial charge in [0.15, 0.2) is 0 Å². The Labute approximate surface area is 169 Å². The molecule has 2 aliphatic rings. The van der Waals surface area contributed by atoms with Gasteiger partial charge in [0.2, 0.25) is 6.23 Å². The van der Waals surface area contributed by atoms with Crippen molar-refractivity contribution in [3.63, 3.8) is 0 Å². The van der Waals surface area contributed by atoms with Gasteiger partial charge in [-0.3, -0.25) is 0 Å². The number of ether oxygens (including phenoxy) is 2. The molecule has 5 heteroatoms. The Morgan fingerprint density at radius 2 is 1.89 bits per heavy atom. The van der Waals surface area contributed by atoms with Crippen molar-refractivity contribution in [2.75, 3.05) is 7.11 Å². The Hall–Kier alpha value is -2.98. The average molecular weight is 391 g/mol. The van der Waals surface area contributed by atoms with Crippen LogP contribution >= 0.6 is 11.6 Å². The van der Waals surface area contributed by atoms with E-state index in [9.17, 15) is 0 Å². The highest BCUT2D eigenvalue weighted by molar-refractivity contribution is 6.30. The zero-order valence-electron chi connectivity index (χ0n) is 15.4. The molecule has 0 aromatic heterocycles. The number of hydrazone groups is 1. The molecule has 0 radical (unpaired) electrons. The Kier molecular flexibility index (Phi) is 4.21. The van der Waals surface area contributed by atoms with Crippen LogP contribution in [0.1, 0.15) is 35.4 Å². The number of halogens is 1. The molecule has 0 saturated carbocycles. The number of fused-ring (bicyclic) bond motifs is 3. The fourth-order valence-electron chi connectivity index (χ4n) is 3.87. The van der Waals surface area contributed by atoms with Gasteiger partial charge in [0, 0.05) is 28.1 Å². The van der Waals surface area contributed by atoms with Crippen LogP contribution in [0.25, 0.3) is 0 Å². The lowest BCUT2D eigenvalue weighted by Gasteiger charge is -2.38. The molecule has 0 amide bonds. The summed E-state index contributed by atoms with van der Waals surface area (Å²) in [7, 11) is 1.68. The number of benzene rings is 3. The van der Waals surface area contributed by atoms with Gasteiger partial charge in [0.05, 0.1) is 18.9 Å². The van der Waals surface area contributed by atoms with Crippen molar-refractivity contribution in [3.8, 4) is 11.5 Å². The van der Waals surface area contributed by atoms with E-state index in [1.807, 2.05) is 54.6 Å². The Morgan fingerprint density at radius 3 is 2.71 bits per heavy atom. The third-order valence-electron chi connectivity index (χ3n) is 5.24. The number of rotatable bonds is 3. The molecule has 0 saturated heterocycles. The second kappa shape index (κ2) is 6.88. The van der Waals surface area contributed by atoms with Gasteiger partial charge in [0.1, 0.15) is 11.5 Å². The van der Waals surface area contributed by atoms with E-state index >= 15 is 0 Å². The number of hydrogen-bond acceptors (Lipinski definition) is 4. The lowest BCUT2D eigenvalue weighted by atomic mass is 9.96. The Bertz CT molecular complexity index is 1050. The van der Waals surface area contributed by atoms with E-state index in [0.29, 0.717) is 5.02 Å². The minimum Gasteiger partial charge on any atom is -0.497 e. The molecule has 4 nitrogen and oxygen atoms in total. The lowest BCUT2D eigenvalue weighted by molar-refractivity contribution is -0.0190. The summed E-state index contributed by atoms with van der Waals surface area (Å²) in [6, 6.07) is 24.1. The molecule has 2 atom stereocenters. The van der Waals surface area contributed by atoms with E-state index in [0.717, 1.165) is 40.3 Å². The predicted molar refractivity (Wildman–Crippen MR) is 110 cm³/mol. The summed E-state index contributed by atoms with van der Waals surface area (Å²) < 4.78 is 11.7. The van der Waals surface area contributed by atoms with Crippen molar-refractivity contribution in [2.24, 2.45) is 5.10 Å². The quantitative estimate of drug-likeness (QED) is 0.584. The van der Waals surface area contributed by atoms with E-state index < -0.39 is 0 Å². The van der Waals surface area contributed by atoms with Gasteiger partial charge in [-0.05, 0) is 30.3 Å². The van der Waals surface area contributed by atoms with E-state index in [-0.39, 0.29) is 12.3 Å². The molecule has 0 N–H and O–H groups in total. The SMILES string of the molecule is COc1cccc(C2=NN3C(C2)c2cc(Cl)ccc2OC3c2ccccc2)c1. The third kappa shape index (κ3) is 2.90. The highest BCUT2D eigenvalue weighted by atomic mass is 35.5. The number of methoxy groups -OCH3 is 1. The summed E-state index contributed by atoms with van der Waals surface area (Å²) in [6.07, 6.45) is 0.510. The highest BCUT2D eigenvalue weighted by Crippen LogP contribution is 2.48. The van der Waals surface area contributed by atoms with Crippen molar-refractivity contribution >= 4 is 17.3 Å². The molecule has 0 aliphatic carbocycles. The van der Waals surface area contributed by atoms with Crippen LogP contribution in [-0.4, -0.2) is 17.8 Å². The maximum Gasteiger partial charge on any atom is 0.213 e. The molecule has 0 fully saturated rings. The fraction of sp³-hybridized carbons (Fsp3) is 0.174. The minimum absolute atomic E-state index is 0.0776. The highest BCUT2D eigenvalue weighted by Gasteiger charge is 2.41. The van der Waals surface area contributed by atoms with Crippen LogP contribution in [0.5, 0.6) is 11.5 Å². The van der Waals surface area contributed by atoms with E-state index in [1.165, 1.54) is 0 Å². The summed E-state index contributed by atoms with van der Waals surface area (Å²) >= 11 is 6.29. The predicted octanol–water partition coefficient (Wildman–Crippen LogP) is 5.59. The van der Waals surface area contributed by atoms with Crippen molar-refractivity contribution in [2.45, 2.75) is 18.7 Å². The van der Waals surface area contributed by atoms with Crippen molar-refractivity contribution in [1.82, 2.24) is 5.01 Å². The van der Waals surface area contributed by atoms with Crippen LogP contribution in [-0.2, 0) is 0 Å². The summed E-state index contributed by atoms with van der Waals surface area (Å²) in [5.74, 6) is 1.69. The minimum atomic E-state index is -0.275. The van der Waals surface area contributed by atoms with Gasteiger partial charge in [-0.15, -0.1) is 0 Å². The van der Waals surface area contributed by atoms with Gasteiger partial charge in [-0.1, -0.05) is 54.1 Å². The molecule has 5 rings (SSSR count). The maximum absolute atomic E-state index is 6.35. The average Bonchev–Trinajstić information content (AvgIpc) is 3.20. The van der Waals surface area contributed by atoms with Crippen LogP contribution in [0.15, 0.2) is 77.9 Å². The van der Waals surface area contributed by atoms with Gasteiger partial charge in [0.25, 0.3) is 0 Å². The molecule has 28 heavy (non-hydrogen) atoms. The zero-order chi connectivity index (χ0) is 19.1. The van der Waals surface area contributed by atoms with E-state index in [4.69, 9.17) is 26.2 Å². The van der Waals surface area contributed by atoms with Crippen molar-refractivity contribution in [1.29, 1.82) is 0 Å². The summed E-state index contributed by atoms with van der Waals surface area (Å²) in [5.41, 5.74) is 4.22. The molecule has 3 aromatic rings. The Balaban J connectivity index is 1.60. The first-order chi connectivity index (χ1) is 13.7. The molecule has 0 bridgehead atoms. The summed E-state index contributed by atoms with van der Waals surface area (Å²) in [4.78, 5) is 0. The number of hydrogen-bond donors (Lipinski definition) is 0. The van der Waals surface area contributed by atoms with Gasteiger partial charge in [-0.25, -0.2) is 5.01 Å². The number of nitrogens with zero attached hydrogens (tertiary/aromatic N) is 2. The first kappa shape index (κ1) is 17.1. The molecule has 2 aliphatic heterocycles. The van der Waals surface area contributed by atoms with Crippen molar-refractivity contribution in [3.05, 3.63) is 94.5 Å². The molecule has 140 valence electrons. The first-order valence-corrected chi connectivity index (χ1v) is 9.62. The maximum atomic E-state index is 6.35. The first-order valence-electron chi connectivity index (χ1n) is 9.24. The van der Waals surface area contributed by atoms with Crippen LogP contribution in [0.4, 0.5) is 0 Å². The second-order valence-corrected chi connectivity index (χ2v) is 7.38. The molecule has 3 aromatic carbocycles. The van der Waals surface area contributed by atoms with E-state index in [1.54, 1.807) is 7.11 Å². The van der Waals surface area contributed by atoms with Gasteiger partial charge >= 0.3 is 0 Å². The normalized spacial score (nSPS) is 20.1. The smallest absolute Gasteiger partial charge is 0.213 e. The van der Waals surface area contributed by atoms with Gasteiger partial charge in [-0.2, -0.15) is 5.10 Å². The van der Waals surface area contributed by atoms with Crippen LogP contribution in [0.2, 0.25) is 5.02 Å². The third-order valence-corrected chi connectivity index (χ3v) is 5.47. The fourth-order valence-corrected chi connectivity index (χ4v) is 4.05. The van der Waals surface area contributed by atoms with E-state index in [2.05, 4.69) is 23.2 Å². The molecule has 2 unspecified atom stereocenters. The van der Waals surface area contributed by atoms with Crippen LogP contribution in [0, 0.1) is 0 Å². The zero-order valence-corrected chi connectivity index (χ0v) is 16.1. The standard InChI is InChI=1S/C23H19ClN2O2/c1-27-18-9-5-8-16(12-18)20-14-21-19-13-17(24)10-11-22(19)28-23(26(21)25-20)15-6-3-2-4-7-15/h2-13,21,23H,14H2,1H3. The molecule has 2 heterocycles. The largest absolute Gasteiger partial charge is 0.497 e. The molecule has 0 spiro atoms. The Morgan fingerprint density at radius 1 is 1.04 bits per heavy atom. The molecular weight excluding hydrogens is 372 g/mol. The topological polar surface area (TPSA) is 34.1 Å². The second-order valence-electron chi connectivity index (χ2n) is 6.94. The molecular formula is C23H19ClN2O2. The monoisotopic (exact) mass is 390 g/mol. The van der Waals surface area contributed by atoms with Crippen molar-refractivity contribution < 1.29 is 9.47 Å². The van der Waals surface area contributed by atoms with Crippen LogP contribution in [0.3, 0.4) is 0 Å². The summed E-state index contributed by atoms with van der Waals surface area (Å²) in [5, 5.41) is 7.73. The lowest BCUT2D eigenvalue weighted by Crippen LogP contribution is -2.33. The van der Waals surface area contributed by atoms with Gasteiger partial charge < -0.3 is 9.47 Å². The van der Waals surface area contributed by atoms with Crippen LogP contribution < -0.4 is 9.47 Å².